The van der Waals surface area contributed by atoms with E-state index in [1.807, 2.05) is 0 Å². The maximum absolute atomic E-state index is 11.8. The molecule has 0 radical (unpaired) electrons. The van der Waals surface area contributed by atoms with Gasteiger partial charge >= 0.3 is 17.9 Å². The van der Waals surface area contributed by atoms with E-state index in [0.29, 0.717) is 16.1 Å². The quantitative estimate of drug-likeness (QED) is 0.590. The molecule has 1 heterocycles. The number of rotatable bonds is 3. The van der Waals surface area contributed by atoms with Crippen LogP contribution in [0.15, 0.2) is 23.0 Å². The molecule has 10 heteroatoms. The van der Waals surface area contributed by atoms with Crippen molar-refractivity contribution in [3.05, 3.63) is 28.7 Å². The number of hydrogen-bond acceptors (Lipinski definition) is 5. The first-order valence-electron chi connectivity index (χ1n) is 6.33. The van der Waals surface area contributed by atoms with Crippen LogP contribution in [0.4, 0.5) is 15.3 Å². The second-order valence-corrected chi connectivity index (χ2v) is 4.28. The molecule has 0 aliphatic carbocycles. The van der Waals surface area contributed by atoms with Gasteiger partial charge in [0.05, 0.1) is 16.7 Å². The normalized spacial score (nSPS) is 10.5. The molecular weight excluding hydrogens is 294 g/mol. The SMILES string of the molecule is CNC(=O)N(OC(=O)O)c1ccc2[nH]c(=O)n(CCN)c2c1. The minimum Gasteiger partial charge on any atom is -0.448 e. The molecule has 5 N–H and O–H groups in total. The van der Waals surface area contributed by atoms with Crippen LogP contribution in [-0.2, 0) is 11.4 Å². The number of amides is 2. The molecule has 2 aromatic rings. The molecule has 0 saturated heterocycles. The molecule has 0 atom stereocenters. The summed E-state index contributed by atoms with van der Waals surface area (Å²) < 4.78 is 1.39. The Morgan fingerprint density at radius 3 is 2.82 bits per heavy atom. The number of fused-ring (bicyclic) bond motifs is 1. The number of carbonyl (C=O) groups is 2. The Labute approximate surface area is 124 Å². The molecule has 1 aromatic heterocycles. The van der Waals surface area contributed by atoms with Crippen molar-refractivity contribution in [3.8, 4) is 0 Å². The van der Waals surface area contributed by atoms with E-state index in [1.54, 1.807) is 6.07 Å². The smallest absolute Gasteiger partial charge is 0.448 e. The molecule has 0 fully saturated rings. The lowest BCUT2D eigenvalue weighted by Crippen LogP contribution is -2.39. The molecule has 10 nitrogen and oxygen atoms in total. The van der Waals surface area contributed by atoms with E-state index < -0.39 is 12.2 Å². The van der Waals surface area contributed by atoms with Crippen LogP contribution < -0.4 is 21.8 Å². The Balaban J connectivity index is 2.53. The maximum atomic E-state index is 11.8. The minimum absolute atomic E-state index is 0.152. The third-order valence-electron chi connectivity index (χ3n) is 2.91. The van der Waals surface area contributed by atoms with Crippen molar-refractivity contribution >= 4 is 28.9 Å². The molecule has 22 heavy (non-hydrogen) atoms. The number of nitrogens with one attached hydrogen (secondary N) is 2. The summed E-state index contributed by atoms with van der Waals surface area (Å²) in [7, 11) is 1.33. The van der Waals surface area contributed by atoms with Gasteiger partial charge in [0.1, 0.15) is 0 Å². The summed E-state index contributed by atoms with van der Waals surface area (Å²) in [6, 6.07) is 3.68. The Morgan fingerprint density at radius 2 is 2.23 bits per heavy atom. The lowest BCUT2D eigenvalue weighted by atomic mass is 10.2. The molecule has 1 aromatic carbocycles. The van der Waals surface area contributed by atoms with Crippen LogP contribution in [0, 0.1) is 0 Å². The van der Waals surface area contributed by atoms with Crippen LogP contribution >= 0.6 is 0 Å². The monoisotopic (exact) mass is 309 g/mol. The standard InChI is InChI=1S/C12H15N5O5/c1-14-10(18)17(22-12(20)21)7-2-3-8-9(6-7)16(5-4-13)11(19)15-8/h2-3,6H,4-5,13H2,1H3,(H,14,18)(H,15,19)(H,20,21). The number of imidazole rings is 1. The van der Waals surface area contributed by atoms with Gasteiger partial charge in [0.15, 0.2) is 0 Å². The fraction of sp³-hybridized carbons (Fsp3) is 0.250. The lowest BCUT2D eigenvalue weighted by Gasteiger charge is -2.18. The Kier molecular flexibility index (Phi) is 4.32. The first-order chi connectivity index (χ1) is 10.5. The number of anilines is 1. The van der Waals surface area contributed by atoms with Gasteiger partial charge in [-0.15, -0.1) is 5.06 Å². The largest absolute Gasteiger partial charge is 0.531 e. The van der Waals surface area contributed by atoms with Crippen LogP contribution in [0.1, 0.15) is 0 Å². The number of carboxylic acid groups (broad SMARTS) is 1. The third kappa shape index (κ3) is 2.86. The molecule has 0 bridgehead atoms. The lowest BCUT2D eigenvalue weighted by molar-refractivity contribution is 0.0859. The Morgan fingerprint density at radius 1 is 1.50 bits per heavy atom. The topological polar surface area (TPSA) is 143 Å². The summed E-state index contributed by atoms with van der Waals surface area (Å²) in [6.45, 7) is 0.532. The summed E-state index contributed by atoms with van der Waals surface area (Å²) in [5.41, 5.74) is 6.29. The van der Waals surface area contributed by atoms with Crippen LogP contribution in [0.5, 0.6) is 0 Å². The van der Waals surface area contributed by atoms with E-state index in [1.165, 1.54) is 23.7 Å². The number of carbonyl (C=O) groups excluding carboxylic acids is 1. The molecule has 118 valence electrons. The number of hydroxylamine groups is 1. The molecule has 0 saturated carbocycles. The fourth-order valence-corrected chi connectivity index (χ4v) is 2.01. The van der Waals surface area contributed by atoms with Crippen molar-refractivity contribution in [2.45, 2.75) is 6.54 Å². The Hall–Kier alpha value is -3.01. The first kappa shape index (κ1) is 15.4. The van der Waals surface area contributed by atoms with Gasteiger partial charge in [-0.2, -0.15) is 0 Å². The average molecular weight is 309 g/mol. The highest BCUT2D eigenvalue weighted by molar-refractivity contribution is 5.93. The van der Waals surface area contributed by atoms with E-state index in [2.05, 4.69) is 15.1 Å². The summed E-state index contributed by atoms with van der Waals surface area (Å²) in [5.74, 6) is 0. The van der Waals surface area contributed by atoms with E-state index in [4.69, 9.17) is 10.8 Å². The van der Waals surface area contributed by atoms with E-state index in [-0.39, 0.29) is 24.5 Å². The fourth-order valence-electron chi connectivity index (χ4n) is 2.01. The third-order valence-corrected chi connectivity index (χ3v) is 2.91. The zero-order valence-electron chi connectivity index (χ0n) is 11.7. The number of aromatic amines is 1. The van der Waals surface area contributed by atoms with Gasteiger partial charge in [-0.25, -0.2) is 14.4 Å². The zero-order chi connectivity index (χ0) is 16.3. The molecule has 0 aliphatic rings. The molecule has 0 spiro atoms. The first-order valence-corrected chi connectivity index (χ1v) is 6.33. The van der Waals surface area contributed by atoms with Gasteiger partial charge in [0, 0.05) is 20.1 Å². The number of nitrogens with two attached hydrogens (primary N) is 1. The highest BCUT2D eigenvalue weighted by atomic mass is 16.8. The second kappa shape index (κ2) is 6.18. The van der Waals surface area contributed by atoms with Crippen LogP contribution in [0.2, 0.25) is 0 Å². The summed E-state index contributed by atoms with van der Waals surface area (Å²) in [5, 5.41) is 11.6. The number of hydrogen-bond donors (Lipinski definition) is 4. The van der Waals surface area contributed by atoms with Crippen molar-refractivity contribution in [1.82, 2.24) is 14.9 Å². The highest BCUT2D eigenvalue weighted by Gasteiger charge is 2.20. The number of nitrogens with zero attached hydrogens (tertiary/aromatic N) is 2. The van der Waals surface area contributed by atoms with E-state index in [0.717, 1.165) is 0 Å². The summed E-state index contributed by atoms with van der Waals surface area (Å²) in [6.07, 6.45) is -1.64. The number of H-pyrrole nitrogens is 1. The number of aromatic nitrogens is 2. The summed E-state index contributed by atoms with van der Waals surface area (Å²) in [4.78, 5) is 41.4. The minimum atomic E-state index is -1.64. The molecule has 2 amide bonds. The predicted molar refractivity (Wildman–Crippen MR) is 77.7 cm³/mol. The van der Waals surface area contributed by atoms with Crippen molar-refractivity contribution in [3.63, 3.8) is 0 Å². The van der Waals surface area contributed by atoms with Crippen molar-refractivity contribution < 1.29 is 19.5 Å². The predicted octanol–water partition coefficient (Wildman–Crippen LogP) is 0.0437. The molecular formula is C12H15N5O5. The maximum Gasteiger partial charge on any atom is 0.531 e. The van der Waals surface area contributed by atoms with Crippen LogP contribution in [0.25, 0.3) is 11.0 Å². The molecule has 0 aliphatic heterocycles. The molecule has 0 unspecified atom stereocenters. The number of benzene rings is 1. The molecule has 2 rings (SSSR count). The average Bonchev–Trinajstić information content (AvgIpc) is 2.80. The van der Waals surface area contributed by atoms with Gasteiger partial charge < -0.3 is 21.1 Å². The van der Waals surface area contributed by atoms with Crippen LogP contribution in [-0.4, -0.2) is 40.4 Å². The van der Waals surface area contributed by atoms with E-state index in [9.17, 15) is 14.4 Å². The van der Waals surface area contributed by atoms with Gasteiger partial charge in [0.25, 0.3) is 0 Å². The number of urea groups is 1. The van der Waals surface area contributed by atoms with Gasteiger partial charge in [-0.05, 0) is 18.2 Å². The van der Waals surface area contributed by atoms with Gasteiger partial charge in [-0.1, -0.05) is 0 Å². The highest BCUT2D eigenvalue weighted by Crippen LogP contribution is 2.21. The Bertz CT molecular complexity index is 765. The second-order valence-electron chi connectivity index (χ2n) is 4.28. The summed E-state index contributed by atoms with van der Waals surface area (Å²) >= 11 is 0. The van der Waals surface area contributed by atoms with Gasteiger partial charge in [0.2, 0.25) is 0 Å². The van der Waals surface area contributed by atoms with Crippen LogP contribution in [0.3, 0.4) is 0 Å². The van der Waals surface area contributed by atoms with E-state index >= 15 is 0 Å². The van der Waals surface area contributed by atoms with Crippen molar-refractivity contribution in [2.24, 2.45) is 5.73 Å². The van der Waals surface area contributed by atoms with Gasteiger partial charge in [-0.3, -0.25) is 9.40 Å². The van der Waals surface area contributed by atoms with Crippen molar-refractivity contribution in [1.29, 1.82) is 0 Å². The zero-order valence-corrected chi connectivity index (χ0v) is 11.7. The van der Waals surface area contributed by atoms with Crippen molar-refractivity contribution in [2.75, 3.05) is 18.7 Å².